The SMILES string of the molecule is CN=C(NCc1ncnn1C)NC1CCCN(c2cnn(C)c2)C1.I. The number of halogens is 1. The topological polar surface area (TPSA) is 88.2 Å². The Morgan fingerprint density at radius 1 is 1.36 bits per heavy atom. The van der Waals surface area contributed by atoms with Crippen molar-refractivity contribution >= 4 is 35.6 Å². The molecule has 3 heterocycles. The minimum absolute atomic E-state index is 0. The number of hydrogen-bond donors (Lipinski definition) is 2. The van der Waals surface area contributed by atoms with Gasteiger partial charge in [0.1, 0.15) is 12.2 Å². The Hall–Kier alpha value is -1.85. The van der Waals surface area contributed by atoms with Gasteiger partial charge in [-0.3, -0.25) is 14.4 Å². The predicted octanol–water partition coefficient (Wildman–Crippen LogP) is 0.501. The van der Waals surface area contributed by atoms with Gasteiger partial charge in [0.05, 0.1) is 18.4 Å². The zero-order valence-electron chi connectivity index (χ0n) is 14.9. The van der Waals surface area contributed by atoms with E-state index in [9.17, 15) is 0 Å². The van der Waals surface area contributed by atoms with E-state index in [0.717, 1.165) is 37.7 Å². The van der Waals surface area contributed by atoms with Gasteiger partial charge in [-0.1, -0.05) is 0 Å². The quantitative estimate of drug-likeness (QED) is 0.394. The predicted molar refractivity (Wildman–Crippen MR) is 108 cm³/mol. The van der Waals surface area contributed by atoms with E-state index in [-0.39, 0.29) is 24.0 Å². The van der Waals surface area contributed by atoms with Crippen molar-refractivity contribution in [2.75, 3.05) is 25.0 Å². The summed E-state index contributed by atoms with van der Waals surface area (Å²) in [6.07, 6.45) is 7.81. The van der Waals surface area contributed by atoms with Gasteiger partial charge < -0.3 is 15.5 Å². The zero-order chi connectivity index (χ0) is 16.9. The molecule has 1 unspecified atom stereocenters. The molecule has 0 aliphatic carbocycles. The number of guanidine groups is 1. The van der Waals surface area contributed by atoms with Crippen LogP contribution >= 0.6 is 24.0 Å². The zero-order valence-corrected chi connectivity index (χ0v) is 17.2. The number of aromatic nitrogens is 5. The Morgan fingerprint density at radius 2 is 2.20 bits per heavy atom. The second kappa shape index (κ2) is 9.02. The number of nitrogens with one attached hydrogen (secondary N) is 2. The van der Waals surface area contributed by atoms with E-state index in [0.29, 0.717) is 12.6 Å². The first kappa shape index (κ1) is 19.5. The molecule has 0 spiro atoms. The molecule has 0 amide bonds. The van der Waals surface area contributed by atoms with Crippen LogP contribution in [-0.4, -0.2) is 56.7 Å². The molecule has 0 saturated carbocycles. The molecule has 25 heavy (non-hydrogen) atoms. The van der Waals surface area contributed by atoms with Crippen LogP contribution in [0.15, 0.2) is 23.7 Å². The lowest BCUT2D eigenvalue weighted by molar-refractivity contribution is 0.467. The highest BCUT2D eigenvalue weighted by atomic mass is 127. The monoisotopic (exact) mass is 459 g/mol. The summed E-state index contributed by atoms with van der Waals surface area (Å²) in [6.45, 7) is 2.60. The van der Waals surface area contributed by atoms with Crippen molar-refractivity contribution < 1.29 is 0 Å². The summed E-state index contributed by atoms with van der Waals surface area (Å²) in [4.78, 5) is 10.9. The molecular formula is C15H26IN9. The van der Waals surface area contributed by atoms with Crippen LogP contribution in [0.3, 0.4) is 0 Å². The van der Waals surface area contributed by atoms with Gasteiger partial charge in [-0.05, 0) is 12.8 Å². The second-order valence-electron chi connectivity index (χ2n) is 6.03. The van der Waals surface area contributed by atoms with Crippen molar-refractivity contribution in [3.8, 4) is 0 Å². The standard InChI is InChI=1S/C15H25N9.HI/c1-16-15(17-8-14-18-11-20-23(14)3)21-12-5-4-6-24(9-12)13-7-19-22(2)10-13;/h7,10-12H,4-6,8-9H2,1-3H3,(H2,16,17,21);1H. The fraction of sp³-hybridized carbons (Fsp3) is 0.600. The molecule has 0 radical (unpaired) electrons. The number of aliphatic imine (C=N–C) groups is 1. The van der Waals surface area contributed by atoms with Gasteiger partial charge in [0.25, 0.3) is 0 Å². The molecule has 9 nitrogen and oxygen atoms in total. The van der Waals surface area contributed by atoms with Crippen LogP contribution < -0.4 is 15.5 Å². The van der Waals surface area contributed by atoms with E-state index < -0.39 is 0 Å². The first-order valence-electron chi connectivity index (χ1n) is 8.19. The van der Waals surface area contributed by atoms with Crippen LogP contribution in [0.1, 0.15) is 18.7 Å². The van der Waals surface area contributed by atoms with E-state index in [1.54, 1.807) is 18.1 Å². The van der Waals surface area contributed by atoms with Crippen LogP contribution in [0.25, 0.3) is 0 Å². The first-order chi connectivity index (χ1) is 11.7. The minimum atomic E-state index is 0. The normalized spacial score (nSPS) is 18.0. The first-order valence-corrected chi connectivity index (χ1v) is 8.19. The molecule has 3 rings (SSSR count). The molecule has 1 saturated heterocycles. The number of nitrogens with zero attached hydrogens (tertiary/aromatic N) is 7. The maximum atomic E-state index is 4.32. The third-order valence-electron chi connectivity index (χ3n) is 4.26. The van der Waals surface area contributed by atoms with E-state index in [1.807, 2.05) is 25.0 Å². The second-order valence-corrected chi connectivity index (χ2v) is 6.03. The average molecular weight is 459 g/mol. The molecule has 1 atom stereocenters. The Kier molecular flexibility index (Phi) is 7.02. The van der Waals surface area contributed by atoms with Crippen molar-refractivity contribution in [2.45, 2.75) is 25.4 Å². The Labute approximate surface area is 164 Å². The van der Waals surface area contributed by atoms with E-state index in [4.69, 9.17) is 0 Å². The van der Waals surface area contributed by atoms with Gasteiger partial charge in [0.2, 0.25) is 0 Å². The molecule has 138 valence electrons. The molecule has 0 bridgehead atoms. The minimum Gasteiger partial charge on any atom is -0.367 e. The molecule has 2 N–H and O–H groups in total. The molecule has 10 heteroatoms. The Bertz CT molecular complexity index is 693. The summed E-state index contributed by atoms with van der Waals surface area (Å²) in [5.41, 5.74) is 1.17. The van der Waals surface area contributed by atoms with Gasteiger partial charge in [-0.15, -0.1) is 24.0 Å². The lowest BCUT2D eigenvalue weighted by Crippen LogP contribution is -2.51. The van der Waals surface area contributed by atoms with Crippen molar-refractivity contribution in [1.29, 1.82) is 0 Å². The molecule has 1 aliphatic heterocycles. The maximum Gasteiger partial charge on any atom is 0.191 e. The number of piperidine rings is 1. The molecule has 0 aromatic carbocycles. The summed E-state index contributed by atoms with van der Waals surface area (Å²) in [7, 11) is 5.61. The number of hydrogen-bond acceptors (Lipinski definition) is 5. The van der Waals surface area contributed by atoms with Gasteiger partial charge >= 0.3 is 0 Å². The molecule has 2 aromatic rings. The Balaban J connectivity index is 0.00000225. The van der Waals surface area contributed by atoms with Crippen LogP contribution in [0.2, 0.25) is 0 Å². The maximum absolute atomic E-state index is 4.32. The average Bonchev–Trinajstić information content (AvgIpc) is 3.20. The van der Waals surface area contributed by atoms with Crippen molar-refractivity contribution in [1.82, 2.24) is 35.2 Å². The highest BCUT2D eigenvalue weighted by Crippen LogP contribution is 2.18. The van der Waals surface area contributed by atoms with E-state index >= 15 is 0 Å². The van der Waals surface area contributed by atoms with E-state index in [1.165, 1.54) is 5.69 Å². The largest absolute Gasteiger partial charge is 0.367 e. The summed E-state index contributed by atoms with van der Waals surface area (Å²) < 4.78 is 3.60. The summed E-state index contributed by atoms with van der Waals surface area (Å²) in [5.74, 6) is 1.66. The van der Waals surface area contributed by atoms with Gasteiger partial charge in [-0.2, -0.15) is 10.2 Å². The number of rotatable bonds is 4. The molecular weight excluding hydrogens is 433 g/mol. The number of aryl methyl sites for hydroxylation is 2. The van der Waals surface area contributed by atoms with Gasteiger partial charge in [0.15, 0.2) is 5.96 Å². The van der Waals surface area contributed by atoms with Gasteiger partial charge in [-0.25, -0.2) is 4.98 Å². The summed E-state index contributed by atoms with van der Waals surface area (Å²) >= 11 is 0. The van der Waals surface area contributed by atoms with Gasteiger partial charge in [0, 0.05) is 46.5 Å². The summed E-state index contributed by atoms with van der Waals surface area (Å²) in [6, 6.07) is 0.352. The highest BCUT2D eigenvalue weighted by Gasteiger charge is 2.21. The van der Waals surface area contributed by atoms with Crippen molar-refractivity contribution in [3.05, 3.63) is 24.5 Å². The highest BCUT2D eigenvalue weighted by molar-refractivity contribution is 14.0. The van der Waals surface area contributed by atoms with Crippen LogP contribution in [0.4, 0.5) is 5.69 Å². The van der Waals surface area contributed by atoms with Crippen molar-refractivity contribution in [2.24, 2.45) is 19.1 Å². The smallest absolute Gasteiger partial charge is 0.191 e. The molecule has 1 aliphatic rings. The summed E-state index contributed by atoms with van der Waals surface area (Å²) in [5, 5.41) is 15.1. The molecule has 2 aromatic heterocycles. The lowest BCUT2D eigenvalue weighted by atomic mass is 10.1. The Morgan fingerprint density at radius 3 is 2.84 bits per heavy atom. The van der Waals surface area contributed by atoms with Crippen molar-refractivity contribution in [3.63, 3.8) is 0 Å². The lowest BCUT2D eigenvalue weighted by Gasteiger charge is -2.34. The molecule has 1 fully saturated rings. The fourth-order valence-corrected chi connectivity index (χ4v) is 2.93. The van der Waals surface area contributed by atoms with E-state index in [2.05, 4.69) is 41.9 Å². The van der Waals surface area contributed by atoms with Crippen LogP contribution in [0, 0.1) is 0 Å². The number of anilines is 1. The van der Waals surface area contributed by atoms with Crippen LogP contribution in [-0.2, 0) is 20.6 Å². The third-order valence-corrected chi connectivity index (χ3v) is 4.26. The third kappa shape index (κ3) is 5.06. The van der Waals surface area contributed by atoms with Crippen LogP contribution in [0.5, 0.6) is 0 Å². The fourth-order valence-electron chi connectivity index (χ4n) is 2.93.